The minimum absolute atomic E-state index is 0.0120. The maximum atomic E-state index is 12.4. The zero-order valence-corrected chi connectivity index (χ0v) is 15.6. The Balaban J connectivity index is 1.94. The Morgan fingerprint density at radius 1 is 1.07 bits per heavy atom. The summed E-state index contributed by atoms with van der Waals surface area (Å²) in [4.78, 5) is 34.9. The van der Waals surface area contributed by atoms with Gasteiger partial charge < -0.3 is 27.2 Å². The van der Waals surface area contributed by atoms with Gasteiger partial charge in [0.1, 0.15) is 5.84 Å². The van der Waals surface area contributed by atoms with Crippen LogP contribution in [0.5, 0.6) is 0 Å². The van der Waals surface area contributed by atoms with Gasteiger partial charge in [-0.1, -0.05) is 30.3 Å². The van der Waals surface area contributed by atoms with Crippen LogP contribution in [-0.2, 0) is 16.0 Å². The van der Waals surface area contributed by atoms with Gasteiger partial charge in [0, 0.05) is 23.4 Å². The molecule has 29 heavy (non-hydrogen) atoms. The number of rotatable bonds is 9. The lowest BCUT2D eigenvalue weighted by Crippen LogP contribution is -2.37. The summed E-state index contributed by atoms with van der Waals surface area (Å²) < 4.78 is 0. The predicted molar refractivity (Wildman–Crippen MR) is 109 cm³/mol. The molecule has 0 bridgehead atoms. The molecule has 0 saturated heterocycles. The summed E-state index contributed by atoms with van der Waals surface area (Å²) in [6.45, 7) is 0.0120. The van der Waals surface area contributed by atoms with Gasteiger partial charge in [-0.2, -0.15) is 0 Å². The fourth-order valence-corrected chi connectivity index (χ4v) is 2.53. The molecule has 0 fully saturated rings. The Hall–Kier alpha value is -3.72. The van der Waals surface area contributed by atoms with Gasteiger partial charge in [0.25, 0.3) is 5.91 Å². The quantitative estimate of drug-likeness (QED) is 0.268. The monoisotopic (exact) mass is 397 g/mol. The van der Waals surface area contributed by atoms with Gasteiger partial charge >= 0.3 is 5.97 Å². The van der Waals surface area contributed by atoms with E-state index in [1.54, 1.807) is 42.5 Å². The number of hydrogen-bond donors (Lipinski definition) is 6. The second kappa shape index (κ2) is 10.00. The van der Waals surface area contributed by atoms with Crippen molar-refractivity contribution in [2.45, 2.75) is 18.9 Å². The van der Waals surface area contributed by atoms with E-state index in [1.807, 2.05) is 0 Å². The molecule has 0 unspecified atom stereocenters. The molecule has 0 radical (unpaired) electrons. The first-order chi connectivity index (χ1) is 13.8. The van der Waals surface area contributed by atoms with Crippen LogP contribution >= 0.6 is 0 Å². The van der Waals surface area contributed by atoms with Gasteiger partial charge in [0.05, 0.1) is 12.5 Å². The summed E-state index contributed by atoms with van der Waals surface area (Å²) in [5, 5.41) is 21.2. The van der Waals surface area contributed by atoms with Crippen LogP contribution in [0.1, 0.15) is 27.9 Å². The fraction of sp³-hybridized carbons (Fsp3) is 0.200. The van der Waals surface area contributed by atoms with Crippen molar-refractivity contribution in [1.29, 1.82) is 5.41 Å². The molecule has 1 atom stereocenters. The number of nitrogen functional groups attached to an aromatic ring is 1. The Morgan fingerprint density at radius 3 is 2.38 bits per heavy atom. The number of amidine groups is 1. The van der Waals surface area contributed by atoms with Crippen LogP contribution in [0.15, 0.2) is 48.5 Å². The Bertz CT molecular complexity index is 911. The standard InChI is InChI=1S/C20H23N5O4/c21-16(10-12-4-6-13(7-5-12)18(22)23)20(29)25-15-3-1-2-14(11-15)19(28)24-9-8-17(26)27/h1-7,11,16H,8-10,21H2,(H3,22,23)(H,24,28)(H,25,29)(H,26,27)/t16-/m0/s1. The van der Waals surface area contributed by atoms with Crippen molar-refractivity contribution in [2.24, 2.45) is 11.5 Å². The SMILES string of the molecule is N=C(N)c1ccc(C[C@H](N)C(=O)Nc2cccc(C(=O)NCCC(=O)O)c2)cc1. The summed E-state index contributed by atoms with van der Waals surface area (Å²) in [6.07, 6.45) is 0.115. The Kier molecular flexibility index (Phi) is 7.44. The van der Waals surface area contributed by atoms with Crippen molar-refractivity contribution in [3.05, 3.63) is 65.2 Å². The van der Waals surface area contributed by atoms with E-state index in [2.05, 4.69) is 10.6 Å². The highest BCUT2D eigenvalue weighted by Crippen LogP contribution is 2.12. The van der Waals surface area contributed by atoms with E-state index in [9.17, 15) is 14.4 Å². The van der Waals surface area contributed by atoms with E-state index in [-0.39, 0.29) is 18.8 Å². The molecule has 0 saturated carbocycles. The van der Waals surface area contributed by atoms with E-state index in [1.165, 1.54) is 6.07 Å². The molecule has 0 aliphatic heterocycles. The molecule has 8 N–H and O–H groups in total. The van der Waals surface area contributed by atoms with Crippen molar-refractivity contribution in [2.75, 3.05) is 11.9 Å². The molecule has 2 rings (SSSR count). The second-order valence-corrected chi connectivity index (χ2v) is 6.39. The smallest absolute Gasteiger partial charge is 0.305 e. The molecule has 0 spiro atoms. The third-order valence-corrected chi connectivity index (χ3v) is 4.07. The first kappa shape index (κ1) is 21.6. The van der Waals surface area contributed by atoms with Gasteiger partial charge in [0.15, 0.2) is 0 Å². The van der Waals surface area contributed by atoms with E-state index >= 15 is 0 Å². The summed E-state index contributed by atoms with van der Waals surface area (Å²) in [5.41, 5.74) is 13.5. The average molecular weight is 397 g/mol. The zero-order chi connectivity index (χ0) is 21.4. The van der Waals surface area contributed by atoms with E-state index in [4.69, 9.17) is 22.0 Å². The number of benzene rings is 2. The number of hydrogen-bond acceptors (Lipinski definition) is 5. The first-order valence-corrected chi connectivity index (χ1v) is 8.86. The number of anilines is 1. The highest BCUT2D eigenvalue weighted by Gasteiger charge is 2.15. The molecule has 2 aromatic carbocycles. The minimum atomic E-state index is -1.00. The van der Waals surface area contributed by atoms with E-state index < -0.39 is 23.8 Å². The third kappa shape index (κ3) is 6.74. The number of carbonyl (C=O) groups excluding carboxylic acids is 2. The summed E-state index contributed by atoms with van der Waals surface area (Å²) in [7, 11) is 0. The van der Waals surface area contributed by atoms with Gasteiger partial charge in [-0.25, -0.2) is 0 Å². The predicted octanol–water partition coefficient (Wildman–Crippen LogP) is 0.684. The van der Waals surface area contributed by atoms with Crippen LogP contribution in [0.2, 0.25) is 0 Å². The fourth-order valence-electron chi connectivity index (χ4n) is 2.53. The van der Waals surface area contributed by atoms with Crippen LogP contribution in [0.4, 0.5) is 5.69 Å². The lowest BCUT2D eigenvalue weighted by atomic mass is 10.0. The number of carboxylic acids is 1. The maximum Gasteiger partial charge on any atom is 0.305 e. The number of amides is 2. The number of nitrogens with one attached hydrogen (secondary N) is 3. The van der Waals surface area contributed by atoms with Crippen LogP contribution in [0.25, 0.3) is 0 Å². The summed E-state index contributed by atoms with van der Waals surface area (Å²) in [6, 6.07) is 12.4. The molecule has 0 heterocycles. The van der Waals surface area contributed by atoms with Crippen LogP contribution in [0.3, 0.4) is 0 Å². The van der Waals surface area contributed by atoms with Gasteiger partial charge in [-0.3, -0.25) is 19.8 Å². The van der Waals surface area contributed by atoms with E-state index in [0.717, 1.165) is 5.56 Å². The van der Waals surface area contributed by atoms with Gasteiger partial charge in [-0.15, -0.1) is 0 Å². The molecule has 9 heteroatoms. The van der Waals surface area contributed by atoms with E-state index in [0.29, 0.717) is 23.2 Å². The largest absolute Gasteiger partial charge is 0.481 e. The molecule has 9 nitrogen and oxygen atoms in total. The minimum Gasteiger partial charge on any atom is -0.481 e. The molecular weight excluding hydrogens is 374 g/mol. The lowest BCUT2D eigenvalue weighted by molar-refractivity contribution is -0.136. The third-order valence-electron chi connectivity index (χ3n) is 4.07. The molecule has 2 aromatic rings. The Labute approximate surface area is 167 Å². The van der Waals surface area contributed by atoms with Crippen molar-refractivity contribution in [3.8, 4) is 0 Å². The zero-order valence-electron chi connectivity index (χ0n) is 15.6. The number of carboxylic acid groups (broad SMARTS) is 1. The second-order valence-electron chi connectivity index (χ2n) is 6.39. The topological polar surface area (TPSA) is 171 Å². The number of nitrogens with two attached hydrogens (primary N) is 2. The highest BCUT2D eigenvalue weighted by molar-refractivity contribution is 5.98. The van der Waals surface area contributed by atoms with Gasteiger partial charge in [0.2, 0.25) is 5.91 Å². The van der Waals surface area contributed by atoms with Crippen molar-refractivity contribution < 1.29 is 19.5 Å². The molecule has 0 aliphatic carbocycles. The average Bonchev–Trinajstić information content (AvgIpc) is 2.68. The number of aliphatic carboxylic acids is 1. The van der Waals surface area contributed by atoms with Crippen molar-refractivity contribution >= 4 is 29.3 Å². The molecule has 0 aromatic heterocycles. The molecule has 0 aliphatic rings. The van der Waals surface area contributed by atoms with Gasteiger partial charge in [-0.05, 0) is 30.2 Å². The molecule has 152 valence electrons. The van der Waals surface area contributed by atoms with Crippen molar-refractivity contribution in [3.63, 3.8) is 0 Å². The van der Waals surface area contributed by atoms with Crippen LogP contribution < -0.4 is 22.1 Å². The molecular formula is C20H23N5O4. The number of carbonyl (C=O) groups is 3. The summed E-state index contributed by atoms with van der Waals surface area (Å²) in [5.74, 6) is -1.89. The lowest BCUT2D eigenvalue weighted by Gasteiger charge is -2.13. The summed E-state index contributed by atoms with van der Waals surface area (Å²) >= 11 is 0. The Morgan fingerprint density at radius 2 is 1.76 bits per heavy atom. The maximum absolute atomic E-state index is 12.4. The van der Waals surface area contributed by atoms with Crippen LogP contribution in [0, 0.1) is 5.41 Å². The first-order valence-electron chi connectivity index (χ1n) is 8.86. The normalized spacial score (nSPS) is 11.3. The van der Waals surface area contributed by atoms with Crippen molar-refractivity contribution in [1.82, 2.24) is 5.32 Å². The molecule has 2 amide bonds. The van der Waals surface area contributed by atoms with Crippen LogP contribution in [-0.4, -0.2) is 41.3 Å². The highest BCUT2D eigenvalue weighted by atomic mass is 16.4.